The summed E-state index contributed by atoms with van der Waals surface area (Å²) >= 11 is 13.7. The average molecular weight is 467 g/mol. The molecule has 0 radical (unpaired) electrons. The molecule has 0 spiro atoms. The highest BCUT2D eigenvalue weighted by molar-refractivity contribution is 8.68. The van der Waals surface area contributed by atoms with Crippen LogP contribution in [0.15, 0.2) is 4.52 Å². The topological polar surface area (TPSA) is 75.8 Å². The van der Waals surface area contributed by atoms with E-state index in [9.17, 15) is 0 Å². The number of nitrogens with zero attached hydrogens (tertiary/aromatic N) is 2. The van der Waals surface area contributed by atoms with Crippen LogP contribution in [0.1, 0.15) is 39.4 Å². The molecule has 1 aromatic rings. The van der Waals surface area contributed by atoms with Crippen molar-refractivity contribution < 1.29 is 22.6 Å². The fourth-order valence-corrected chi connectivity index (χ4v) is 10.0. The summed E-state index contributed by atoms with van der Waals surface area (Å²) in [7, 11) is 0. The summed E-state index contributed by atoms with van der Waals surface area (Å²) < 4.78 is 27.6. The summed E-state index contributed by atoms with van der Waals surface area (Å²) in [6.07, 6.45) is 0. The number of rotatable bonds is 14. The van der Waals surface area contributed by atoms with Crippen molar-refractivity contribution in [2.75, 3.05) is 26.4 Å². The van der Waals surface area contributed by atoms with E-state index in [0.717, 1.165) is 0 Å². The molecule has 0 unspecified atom stereocenters. The molecule has 0 N–H and O–H groups in total. The third-order valence-electron chi connectivity index (χ3n) is 2.36. The molecule has 25 heavy (non-hydrogen) atoms. The van der Waals surface area contributed by atoms with E-state index in [2.05, 4.69) is 10.1 Å². The Morgan fingerprint density at radius 3 is 1.72 bits per heavy atom. The van der Waals surface area contributed by atoms with Crippen molar-refractivity contribution in [3.8, 4) is 0 Å². The normalized spacial score (nSPS) is 12.6. The molecule has 0 bridgehead atoms. The van der Waals surface area contributed by atoms with Crippen LogP contribution in [-0.2, 0) is 53.2 Å². The second-order valence-corrected chi connectivity index (χ2v) is 16.8. The second kappa shape index (κ2) is 12.4. The zero-order valence-electron chi connectivity index (χ0n) is 14.7. The minimum atomic E-state index is -2.37. The lowest BCUT2D eigenvalue weighted by Gasteiger charge is -2.19. The Balaban J connectivity index is 2.58. The van der Waals surface area contributed by atoms with Gasteiger partial charge in [-0.3, -0.25) is 0 Å². The van der Waals surface area contributed by atoms with Gasteiger partial charge in [-0.15, -0.1) is 0 Å². The molecule has 0 atom stereocenters. The van der Waals surface area contributed by atoms with E-state index >= 15 is 0 Å². The van der Waals surface area contributed by atoms with Crippen LogP contribution in [-0.4, -0.2) is 36.6 Å². The molecule has 0 aliphatic rings. The molecule has 1 aromatic heterocycles. The van der Waals surface area contributed by atoms with Crippen molar-refractivity contribution in [3.63, 3.8) is 0 Å². The molecule has 0 saturated heterocycles. The van der Waals surface area contributed by atoms with Crippen molar-refractivity contribution in [1.82, 2.24) is 10.1 Å². The highest BCUT2D eigenvalue weighted by atomic mass is 32.9. The first-order valence-electron chi connectivity index (χ1n) is 7.79. The molecule has 0 aliphatic carbocycles. The zero-order chi connectivity index (χ0) is 18.8. The summed E-state index contributed by atoms with van der Waals surface area (Å²) in [5.74, 6) is 1.95. The maximum Gasteiger partial charge on any atom is 0.247 e. The smallest absolute Gasteiger partial charge is 0.247 e. The predicted octanol–water partition coefficient (Wildman–Crippen LogP) is 5.13. The first kappa shape index (κ1) is 24.0. The molecule has 0 fully saturated rings. The highest BCUT2D eigenvalue weighted by Gasteiger charge is 2.23. The van der Waals surface area contributed by atoms with Gasteiger partial charge in [0.05, 0.1) is 37.9 Å². The quantitative estimate of drug-likeness (QED) is 0.342. The van der Waals surface area contributed by atoms with Crippen LogP contribution in [0.2, 0.25) is 0 Å². The minimum Gasteiger partial charge on any atom is -0.338 e. The van der Waals surface area contributed by atoms with E-state index in [1.165, 1.54) is 22.8 Å². The largest absolute Gasteiger partial charge is 0.338 e. The van der Waals surface area contributed by atoms with Crippen molar-refractivity contribution in [2.45, 2.75) is 39.2 Å². The van der Waals surface area contributed by atoms with Crippen LogP contribution < -0.4 is 0 Å². The molecule has 0 amide bonds. The lowest BCUT2D eigenvalue weighted by atomic mass is 10.7. The van der Waals surface area contributed by atoms with Crippen LogP contribution >= 0.6 is 34.2 Å². The minimum absolute atomic E-state index is 0.444. The Kier molecular flexibility index (Phi) is 12.0. The van der Waals surface area contributed by atoms with Crippen LogP contribution in [0.4, 0.5) is 0 Å². The molecule has 0 aliphatic heterocycles. The van der Waals surface area contributed by atoms with E-state index in [4.69, 9.17) is 46.2 Å². The van der Waals surface area contributed by atoms with Gasteiger partial charge >= 0.3 is 0 Å². The van der Waals surface area contributed by atoms with Gasteiger partial charge in [0, 0.05) is 0 Å². The Hall–Kier alpha value is 0.980. The van der Waals surface area contributed by atoms with Crippen LogP contribution in [0.5, 0.6) is 0 Å². The van der Waals surface area contributed by atoms with Crippen molar-refractivity contribution in [3.05, 3.63) is 11.7 Å². The number of hydrogen-bond acceptors (Lipinski definition) is 11. The van der Waals surface area contributed by atoms with Crippen LogP contribution in [0.25, 0.3) is 0 Å². The molecule has 7 nitrogen and oxygen atoms in total. The molecular formula is C12H24N2O5P2S4. The Bertz CT molecular complexity index is 535. The van der Waals surface area contributed by atoms with Crippen molar-refractivity contribution in [1.29, 1.82) is 0 Å². The molecule has 1 heterocycles. The predicted molar refractivity (Wildman–Crippen MR) is 112 cm³/mol. The van der Waals surface area contributed by atoms with Gasteiger partial charge < -0.3 is 22.6 Å². The second-order valence-electron chi connectivity index (χ2n) is 4.22. The summed E-state index contributed by atoms with van der Waals surface area (Å²) in [6, 6.07) is 0. The van der Waals surface area contributed by atoms with Crippen LogP contribution in [0, 0.1) is 0 Å². The third-order valence-corrected chi connectivity index (χ3v) is 13.1. The summed E-state index contributed by atoms with van der Waals surface area (Å²) in [6.45, 7) is 9.62. The third kappa shape index (κ3) is 9.14. The SMILES string of the molecule is CCOP(=S)(OCC)SCc1noc(CSP(=S)(OCC)OCC)n1. The Labute approximate surface area is 167 Å². The summed E-state index contributed by atoms with van der Waals surface area (Å²) in [4.78, 5) is 4.36. The molecule has 13 heteroatoms. The number of aromatic nitrogens is 2. The molecular weight excluding hydrogens is 442 g/mol. The molecule has 1 rings (SSSR count). The van der Waals surface area contributed by atoms with Gasteiger partial charge in [-0.05, 0) is 51.3 Å². The number of hydrogen-bond donors (Lipinski definition) is 0. The average Bonchev–Trinajstić information content (AvgIpc) is 3.00. The van der Waals surface area contributed by atoms with Gasteiger partial charge in [-0.1, -0.05) is 27.9 Å². The zero-order valence-corrected chi connectivity index (χ0v) is 19.8. The van der Waals surface area contributed by atoms with Gasteiger partial charge in [0.2, 0.25) is 17.3 Å². The Morgan fingerprint density at radius 2 is 1.28 bits per heavy atom. The van der Waals surface area contributed by atoms with E-state index in [-0.39, 0.29) is 0 Å². The van der Waals surface area contributed by atoms with Crippen molar-refractivity contribution >= 4 is 57.8 Å². The fourth-order valence-electron chi connectivity index (χ4n) is 1.53. The lowest BCUT2D eigenvalue weighted by Crippen LogP contribution is -1.94. The monoisotopic (exact) mass is 466 g/mol. The molecule has 0 aromatic carbocycles. The molecule has 146 valence electrons. The van der Waals surface area contributed by atoms with Gasteiger partial charge in [0.1, 0.15) is 0 Å². The highest BCUT2D eigenvalue weighted by Crippen LogP contribution is 2.62. The summed E-state index contributed by atoms with van der Waals surface area (Å²) in [5, 5.41) is 3.97. The maximum absolute atomic E-state index is 5.58. The first-order valence-corrected chi connectivity index (χ1v) is 16.2. The van der Waals surface area contributed by atoms with Gasteiger partial charge in [-0.2, -0.15) is 4.98 Å². The Morgan fingerprint density at radius 1 is 0.840 bits per heavy atom. The van der Waals surface area contributed by atoms with Gasteiger partial charge in [-0.25, -0.2) is 0 Å². The lowest BCUT2D eigenvalue weighted by molar-refractivity contribution is 0.280. The van der Waals surface area contributed by atoms with Crippen LogP contribution in [0.3, 0.4) is 0 Å². The summed E-state index contributed by atoms with van der Waals surface area (Å²) in [5.41, 5.74) is -4.73. The van der Waals surface area contributed by atoms with E-state index < -0.39 is 11.4 Å². The van der Waals surface area contributed by atoms with E-state index in [0.29, 0.717) is 49.6 Å². The van der Waals surface area contributed by atoms with Gasteiger partial charge in [0.15, 0.2) is 5.82 Å². The maximum atomic E-state index is 5.58. The van der Waals surface area contributed by atoms with Gasteiger partial charge in [0.25, 0.3) is 0 Å². The fraction of sp³-hybridized carbons (Fsp3) is 0.833. The first-order chi connectivity index (χ1) is 11.9. The van der Waals surface area contributed by atoms with E-state index in [1.54, 1.807) is 0 Å². The molecule has 0 saturated carbocycles. The van der Waals surface area contributed by atoms with Crippen molar-refractivity contribution in [2.24, 2.45) is 0 Å². The standard InChI is InChI=1S/C12H24N2O5P2S4/c1-5-15-20(22,16-6-2)24-9-11-13-12(19-14-11)10-25-21(23,17-7-3)18-8-4/h5-10H2,1-4H3. The van der Waals surface area contributed by atoms with E-state index in [1.807, 2.05) is 27.7 Å².